The van der Waals surface area contributed by atoms with Gasteiger partial charge in [-0.2, -0.15) is 0 Å². The minimum Gasteiger partial charge on any atom is -0.331 e. The van der Waals surface area contributed by atoms with E-state index in [-0.39, 0.29) is 0 Å². The largest absolute Gasteiger partial charge is 0.331 e. The number of hydrogen-bond acceptors (Lipinski definition) is 3. The molecule has 0 bridgehead atoms. The Bertz CT molecular complexity index is 384. The fourth-order valence-corrected chi connectivity index (χ4v) is 3.41. The molecule has 3 rings (SSSR count). The maximum atomic E-state index is 4.30. The third-order valence-electron chi connectivity index (χ3n) is 4.36. The van der Waals surface area contributed by atoms with Gasteiger partial charge in [0.05, 0.1) is 12.0 Å². The molecule has 100 valence electrons. The first-order valence-corrected chi connectivity index (χ1v) is 7.20. The number of piperidine rings is 1. The summed E-state index contributed by atoms with van der Waals surface area (Å²) in [5.41, 5.74) is 1.35. The summed E-state index contributed by atoms with van der Waals surface area (Å²) in [5.74, 6) is 0.870. The summed E-state index contributed by atoms with van der Waals surface area (Å²) in [4.78, 5) is 6.88. The number of rotatable bonds is 3. The number of aromatic nitrogens is 2. The van der Waals surface area contributed by atoms with Gasteiger partial charge < -0.3 is 9.88 Å². The molecule has 1 N–H and O–H groups in total. The van der Waals surface area contributed by atoms with Gasteiger partial charge in [0.25, 0.3) is 0 Å². The maximum absolute atomic E-state index is 4.30. The Morgan fingerprint density at radius 1 is 1.44 bits per heavy atom. The summed E-state index contributed by atoms with van der Waals surface area (Å²) in [5, 5.41) is 3.66. The van der Waals surface area contributed by atoms with Crippen molar-refractivity contribution in [1.29, 1.82) is 0 Å². The molecule has 1 aromatic rings. The standard InChI is InChI=1S/C14H24N4/c1-11(2)18-10-15-6-13(18)8-17-7-12-4-3-5-16-14(12)9-17/h6,10-12,14,16H,3-5,7-9H2,1-2H3/t12-,14+/m0/s1. The molecule has 3 heterocycles. The van der Waals surface area contributed by atoms with Crippen LogP contribution in [0.4, 0.5) is 0 Å². The summed E-state index contributed by atoms with van der Waals surface area (Å²) < 4.78 is 2.29. The van der Waals surface area contributed by atoms with Gasteiger partial charge in [0, 0.05) is 37.9 Å². The van der Waals surface area contributed by atoms with Crippen LogP contribution in [0.25, 0.3) is 0 Å². The molecule has 0 saturated carbocycles. The van der Waals surface area contributed by atoms with Crippen molar-refractivity contribution in [3.8, 4) is 0 Å². The fourth-order valence-electron chi connectivity index (χ4n) is 3.41. The number of nitrogens with one attached hydrogen (secondary N) is 1. The Labute approximate surface area is 109 Å². The maximum Gasteiger partial charge on any atom is 0.0951 e. The van der Waals surface area contributed by atoms with Gasteiger partial charge in [0.15, 0.2) is 0 Å². The summed E-state index contributed by atoms with van der Waals surface area (Å²) in [6.07, 6.45) is 6.73. The molecule has 0 aromatic carbocycles. The number of hydrogen-bond donors (Lipinski definition) is 1. The van der Waals surface area contributed by atoms with E-state index >= 15 is 0 Å². The van der Waals surface area contributed by atoms with E-state index in [2.05, 4.69) is 33.6 Å². The molecule has 0 amide bonds. The second-order valence-electron chi connectivity index (χ2n) is 6.04. The monoisotopic (exact) mass is 248 g/mol. The van der Waals surface area contributed by atoms with Gasteiger partial charge in [-0.05, 0) is 39.2 Å². The quantitative estimate of drug-likeness (QED) is 0.883. The molecule has 0 aliphatic carbocycles. The molecule has 18 heavy (non-hydrogen) atoms. The van der Waals surface area contributed by atoms with E-state index in [1.807, 2.05) is 12.5 Å². The zero-order chi connectivity index (χ0) is 12.5. The molecule has 2 aliphatic heterocycles. The molecule has 2 atom stereocenters. The molecule has 2 aliphatic rings. The van der Waals surface area contributed by atoms with Crippen molar-refractivity contribution in [2.45, 2.75) is 45.3 Å². The molecular weight excluding hydrogens is 224 g/mol. The highest BCUT2D eigenvalue weighted by Crippen LogP contribution is 2.26. The van der Waals surface area contributed by atoms with Crippen molar-refractivity contribution in [3.63, 3.8) is 0 Å². The molecule has 0 radical (unpaired) electrons. The van der Waals surface area contributed by atoms with Crippen molar-refractivity contribution < 1.29 is 0 Å². The zero-order valence-corrected chi connectivity index (χ0v) is 11.5. The van der Waals surface area contributed by atoms with E-state index < -0.39 is 0 Å². The van der Waals surface area contributed by atoms with Gasteiger partial charge >= 0.3 is 0 Å². The lowest BCUT2D eigenvalue weighted by atomic mass is 9.94. The molecule has 4 nitrogen and oxygen atoms in total. The second kappa shape index (κ2) is 5.02. The fraction of sp³-hybridized carbons (Fsp3) is 0.786. The first kappa shape index (κ1) is 12.2. The molecule has 4 heteroatoms. The van der Waals surface area contributed by atoms with Crippen molar-refractivity contribution in [1.82, 2.24) is 19.8 Å². The van der Waals surface area contributed by atoms with Crippen LogP contribution in [-0.4, -0.2) is 40.1 Å². The SMILES string of the molecule is CC(C)n1cncc1CN1C[C@@H]2CCCN[C@@H]2C1. The second-order valence-corrected chi connectivity index (χ2v) is 6.04. The first-order chi connectivity index (χ1) is 8.74. The molecule has 1 aromatic heterocycles. The Kier molecular flexibility index (Phi) is 3.39. The molecular formula is C14H24N4. The highest BCUT2D eigenvalue weighted by atomic mass is 15.2. The van der Waals surface area contributed by atoms with Crippen molar-refractivity contribution in [2.24, 2.45) is 5.92 Å². The van der Waals surface area contributed by atoms with Crippen LogP contribution in [0.2, 0.25) is 0 Å². The lowest BCUT2D eigenvalue weighted by molar-refractivity contribution is 0.302. The minimum atomic E-state index is 0.505. The van der Waals surface area contributed by atoms with Crippen LogP contribution >= 0.6 is 0 Å². The van der Waals surface area contributed by atoms with E-state index in [0.717, 1.165) is 18.5 Å². The molecule has 0 unspecified atom stereocenters. The summed E-state index contributed by atoms with van der Waals surface area (Å²) in [6.45, 7) is 9.15. The summed E-state index contributed by atoms with van der Waals surface area (Å²) in [7, 11) is 0. The van der Waals surface area contributed by atoms with Gasteiger partial charge in [-0.3, -0.25) is 4.90 Å². The number of imidazole rings is 1. The average molecular weight is 248 g/mol. The highest BCUT2D eigenvalue weighted by Gasteiger charge is 2.34. The van der Waals surface area contributed by atoms with Gasteiger partial charge in [-0.1, -0.05) is 0 Å². The van der Waals surface area contributed by atoms with Crippen LogP contribution in [0.3, 0.4) is 0 Å². The predicted molar refractivity (Wildman–Crippen MR) is 72.4 cm³/mol. The Morgan fingerprint density at radius 2 is 2.33 bits per heavy atom. The van der Waals surface area contributed by atoms with E-state index in [1.165, 1.54) is 38.2 Å². The Morgan fingerprint density at radius 3 is 3.11 bits per heavy atom. The topological polar surface area (TPSA) is 33.1 Å². The molecule has 2 saturated heterocycles. The molecule has 2 fully saturated rings. The zero-order valence-electron chi connectivity index (χ0n) is 11.5. The highest BCUT2D eigenvalue weighted by molar-refractivity contribution is 5.02. The Hall–Kier alpha value is -0.870. The lowest BCUT2D eigenvalue weighted by Crippen LogP contribution is -2.40. The number of nitrogens with zero attached hydrogens (tertiary/aromatic N) is 3. The van der Waals surface area contributed by atoms with Crippen LogP contribution in [0.5, 0.6) is 0 Å². The van der Waals surface area contributed by atoms with Crippen LogP contribution in [0.15, 0.2) is 12.5 Å². The van der Waals surface area contributed by atoms with Gasteiger partial charge in [0.2, 0.25) is 0 Å². The van der Waals surface area contributed by atoms with E-state index in [0.29, 0.717) is 6.04 Å². The predicted octanol–water partition coefficient (Wildman–Crippen LogP) is 1.65. The van der Waals surface area contributed by atoms with Crippen molar-refractivity contribution in [3.05, 3.63) is 18.2 Å². The van der Waals surface area contributed by atoms with Crippen LogP contribution < -0.4 is 5.32 Å². The smallest absolute Gasteiger partial charge is 0.0951 e. The normalized spacial score (nSPS) is 28.8. The van der Waals surface area contributed by atoms with Crippen molar-refractivity contribution >= 4 is 0 Å². The lowest BCUT2D eigenvalue weighted by Gasteiger charge is -2.24. The number of fused-ring (bicyclic) bond motifs is 1. The van der Waals surface area contributed by atoms with E-state index in [9.17, 15) is 0 Å². The Balaban J connectivity index is 1.65. The third kappa shape index (κ3) is 2.31. The number of likely N-dealkylation sites (tertiary alicyclic amines) is 1. The van der Waals surface area contributed by atoms with Gasteiger partial charge in [-0.25, -0.2) is 4.98 Å². The van der Waals surface area contributed by atoms with E-state index in [1.54, 1.807) is 0 Å². The third-order valence-corrected chi connectivity index (χ3v) is 4.36. The van der Waals surface area contributed by atoms with Gasteiger partial charge in [0.1, 0.15) is 0 Å². The molecule has 0 spiro atoms. The van der Waals surface area contributed by atoms with Crippen LogP contribution in [0, 0.1) is 5.92 Å². The minimum absolute atomic E-state index is 0.505. The van der Waals surface area contributed by atoms with Crippen LogP contribution in [-0.2, 0) is 6.54 Å². The van der Waals surface area contributed by atoms with Crippen LogP contribution in [0.1, 0.15) is 38.4 Å². The first-order valence-electron chi connectivity index (χ1n) is 7.20. The van der Waals surface area contributed by atoms with Gasteiger partial charge in [-0.15, -0.1) is 0 Å². The average Bonchev–Trinajstić information content (AvgIpc) is 2.94. The summed E-state index contributed by atoms with van der Waals surface area (Å²) >= 11 is 0. The van der Waals surface area contributed by atoms with Crippen molar-refractivity contribution in [2.75, 3.05) is 19.6 Å². The summed E-state index contributed by atoms with van der Waals surface area (Å²) in [6, 6.07) is 1.24. The van der Waals surface area contributed by atoms with E-state index in [4.69, 9.17) is 0 Å².